The van der Waals surface area contributed by atoms with Crippen LogP contribution in [0, 0.1) is 0 Å². The van der Waals surface area contributed by atoms with Crippen LogP contribution in [-0.2, 0) is 19.6 Å². The van der Waals surface area contributed by atoms with Crippen molar-refractivity contribution in [1.82, 2.24) is 9.62 Å². The molecule has 158 valence electrons. The van der Waals surface area contributed by atoms with Crippen LogP contribution in [0.25, 0.3) is 0 Å². The maximum Gasteiger partial charge on any atom is 0.338 e. The van der Waals surface area contributed by atoms with E-state index in [-0.39, 0.29) is 23.0 Å². The van der Waals surface area contributed by atoms with E-state index < -0.39 is 16.0 Å². The van der Waals surface area contributed by atoms with E-state index in [1.54, 1.807) is 0 Å². The number of nitrogens with one attached hydrogen (secondary N) is 1. The Morgan fingerprint density at radius 2 is 1.90 bits per heavy atom. The molecule has 1 heterocycles. The van der Waals surface area contributed by atoms with E-state index in [0.717, 1.165) is 32.1 Å². The summed E-state index contributed by atoms with van der Waals surface area (Å²) in [5.41, 5.74) is 1.48. The predicted octanol–water partition coefficient (Wildman–Crippen LogP) is 2.63. The van der Waals surface area contributed by atoms with Crippen LogP contribution < -0.4 is 5.32 Å². The lowest BCUT2D eigenvalue weighted by Gasteiger charge is -2.16. The Kier molecular flexibility index (Phi) is 7.44. The van der Waals surface area contributed by atoms with Crippen LogP contribution in [0.15, 0.2) is 40.8 Å². The topological polar surface area (TPSA) is 92.8 Å². The molecule has 1 aliphatic heterocycles. The fourth-order valence-corrected chi connectivity index (χ4v) is 5.18. The van der Waals surface area contributed by atoms with Crippen molar-refractivity contribution in [2.45, 2.75) is 49.8 Å². The minimum absolute atomic E-state index is 0.0686. The lowest BCUT2D eigenvalue weighted by atomic mass is 9.97. The Hall–Kier alpha value is -2.19. The average Bonchev–Trinajstić information content (AvgIpc) is 3.29. The van der Waals surface area contributed by atoms with E-state index in [2.05, 4.69) is 11.4 Å². The molecule has 2 aliphatic rings. The number of carbonyl (C=O) groups excluding carboxylic acids is 2. The molecule has 1 aromatic rings. The Bertz CT molecular complexity index is 873. The lowest BCUT2D eigenvalue weighted by Crippen LogP contribution is -2.30. The van der Waals surface area contributed by atoms with Crippen LogP contribution in [0.5, 0.6) is 0 Å². The van der Waals surface area contributed by atoms with Crippen molar-refractivity contribution >= 4 is 21.9 Å². The number of benzene rings is 1. The van der Waals surface area contributed by atoms with Gasteiger partial charge in [-0.2, -0.15) is 4.31 Å². The molecular formula is C21H28N2O5S. The van der Waals surface area contributed by atoms with Gasteiger partial charge in [0.15, 0.2) is 6.61 Å². The highest BCUT2D eigenvalue weighted by Crippen LogP contribution is 2.22. The zero-order chi connectivity index (χ0) is 20.7. The highest BCUT2D eigenvalue weighted by molar-refractivity contribution is 7.89. The first-order valence-electron chi connectivity index (χ1n) is 10.2. The number of sulfonamides is 1. The van der Waals surface area contributed by atoms with Crippen LogP contribution in [0.2, 0.25) is 0 Å². The van der Waals surface area contributed by atoms with Crippen molar-refractivity contribution in [2.75, 3.05) is 26.2 Å². The summed E-state index contributed by atoms with van der Waals surface area (Å²) in [6.45, 7) is 1.12. The van der Waals surface area contributed by atoms with Crippen LogP contribution in [0.3, 0.4) is 0 Å². The van der Waals surface area contributed by atoms with Gasteiger partial charge in [0.1, 0.15) is 0 Å². The molecule has 1 amide bonds. The van der Waals surface area contributed by atoms with Crippen LogP contribution in [0.1, 0.15) is 55.3 Å². The summed E-state index contributed by atoms with van der Waals surface area (Å²) in [4.78, 5) is 24.2. The Balaban J connectivity index is 1.49. The monoisotopic (exact) mass is 420 g/mol. The Morgan fingerprint density at radius 1 is 1.10 bits per heavy atom. The second-order valence-corrected chi connectivity index (χ2v) is 9.36. The quantitative estimate of drug-likeness (QED) is 0.516. The number of allylic oxidation sites excluding steroid dienone is 1. The van der Waals surface area contributed by atoms with E-state index in [0.29, 0.717) is 19.6 Å². The molecule has 1 fully saturated rings. The number of hydrogen-bond donors (Lipinski definition) is 1. The lowest BCUT2D eigenvalue weighted by molar-refractivity contribution is -0.124. The largest absolute Gasteiger partial charge is 0.452 e. The summed E-state index contributed by atoms with van der Waals surface area (Å²) in [6.07, 6.45) is 9.35. The summed E-state index contributed by atoms with van der Waals surface area (Å²) in [6, 6.07) is 5.77. The van der Waals surface area contributed by atoms with Crippen molar-refractivity contribution in [3.8, 4) is 0 Å². The molecule has 0 unspecified atom stereocenters. The number of hydrogen-bond acceptors (Lipinski definition) is 5. The molecule has 1 saturated heterocycles. The maximum absolute atomic E-state index is 12.6. The van der Waals surface area contributed by atoms with E-state index in [1.807, 2.05) is 0 Å². The van der Waals surface area contributed by atoms with Gasteiger partial charge in [0.05, 0.1) is 10.5 Å². The van der Waals surface area contributed by atoms with Gasteiger partial charge in [-0.15, -0.1) is 0 Å². The molecule has 3 rings (SSSR count). The summed E-state index contributed by atoms with van der Waals surface area (Å²) in [7, 11) is -3.61. The van der Waals surface area contributed by atoms with E-state index in [9.17, 15) is 18.0 Å². The number of carbonyl (C=O) groups is 2. The van der Waals surface area contributed by atoms with Gasteiger partial charge in [0.2, 0.25) is 10.0 Å². The Morgan fingerprint density at radius 3 is 2.62 bits per heavy atom. The highest BCUT2D eigenvalue weighted by Gasteiger charge is 2.27. The average molecular weight is 421 g/mol. The van der Waals surface area contributed by atoms with Gasteiger partial charge in [0.25, 0.3) is 5.91 Å². The van der Waals surface area contributed by atoms with Gasteiger partial charge in [0, 0.05) is 19.6 Å². The van der Waals surface area contributed by atoms with Gasteiger partial charge in [-0.3, -0.25) is 4.79 Å². The second kappa shape index (κ2) is 10.0. The van der Waals surface area contributed by atoms with Crippen molar-refractivity contribution in [3.05, 3.63) is 41.5 Å². The van der Waals surface area contributed by atoms with Crippen LogP contribution >= 0.6 is 0 Å². The van der Waals surface area contributed by atoms with Crippen LogP contribution in [-0.4, -0.2) is 50.8 Å². The van der Waals surface area contributed by atoms with Crippen LogP contribution in [0.4, 0.5) is 0 Å². The smallest absolute Gasteiger partial charge is 0.338 e. The molecule has 0 radical (unpaired) electrons. The first-order chi connectivity index (χ1) is 14.0. The van der Waals surface area contributed by atoms with E-state index in [4.69, 9.17) is 4.74 Å². The standard InChI is InChI=1S/C21H28N2O5S/c24-20(22-12-11-17-7-2-1-3-8-17)16-28-21(25)18-9-6-10-19(15-18)29(26,27)23-13-4-5-14-23/h6-7,9-10,15H,1-5,8,11-14,16H2,(H,22,24). The predicted molar refractivity (Wildman–Crippen MR) is 109 cm³/mol. The number of esters is 1. The van der Waals surface area contributed by atoms with Crippen molar-refractivity contribution in [1.29, 1.82) is 0 Å². The molecule has 0 aromatic heterocycles. The van der Waals surface area contributed by atoms with Gasteiger partial charge in [-0.25, -0.2) is 13.2 Å². The highest BCUT2D eigenvalue weighted by atomic mass is 32.2. The third-order valence-electron chi connectivity index (χ3n) is 5.26. The fourth-order valence-electron chi connectivity index (χ4n) is 3.62. The first kappa shape index (κ1) is 21.5. The summed E-state index contributed by atoms with van der Waals surface area (Å²) >= 11 is 0. The SMILES string of the molecule is O=C(COC(=O)c1cccc(S(=O)(=O)N2CCCC2)c1)NCCC1=CCCCC1. The zero-order valence-corrected chi connectivity index (χ0v) is 17.4. The molecule has 1 N–H and O–H groups in total. The first-order valence-corrected chi connectivity index (χ1v) is 11.6. The van der Waals surface area contributed by atoms with Crippen molar-refractivity contribution in [2.24, 2.45) is 0 Å². The molecule has 1 aromatic carbocycles. The van der Waals surface area contributed by atoms with E-state index in [1.165, 1.54) is 47.0 Å². The number of amides is 1. The number of rotatable bonds is 8. The minimum atomic E-state index is -3.61. The molecule has 0 saturated carbocycles. The molecule has 29 heavy (non-hydrogen) atoms. The third kappa shape index (κ3) is 5.90. The van der Waals surface area contributed by atoms with Gasteiger partial charge >= 0.3 is 5.97 Å². The minimum Gasteiger partial charge on any atom is -0.452 e. The van der Waals surface area contributed by atoms with E-state index >= 15 is 0 Å². The zero-order valence-electron chi connectivity index (χ0n) is 16.6. The normalized spacial score (nSPS) is 17.6. The molecule has 8 heteroatoms. The van der Waals surface area contributed by atoms with Gasteiger partial charge in [-0.05, 0) is 63.1 Å². The van der Waals surface area contributed by atoms with Gasteiger partial charge in [-0.1, -0.05) is 17.7 Å². The molecule has 7 nitrogen and oxygen atoms in total. The molecule has 1 aliphatic carbocycles. The summed E-state index contributed by atoms with van der Waals surface area (Å²) < 4.78 is 31.7. The Labute approximate surface area is 172 Å². The van der Waals surface area contributed by atoms with Crippen molar-refractivity contribution in [3.63, 3.8) is 0 Å². The molecule has 0 spiro atoms. The summed E-state index contributed by atoms with van der Waals surface area (Å²) in [5, 5.41) is 2.75. The number of nitrogens with zero attached hydrogens (tertiary/aromatic N) is 1. The third-order valence-corrected chi connectivity index (χ3v) is 7.15. The summed E-state index contributed by atoms with van der Waals surface area (Å²) in [5.74, 6) is -1.08. The molecule has 0 bridgehead atoms. The number of ether oxygens (including phenoxy) is 1. The molecule has 0 atom stereocenters. The molecular weight excluding hydrogens is 392 g/mol. The van der Waals surface area contributed by atoms with Gasteiger partial charge < -0.3 is 10.1 Å². The van der Waals surface area contributed by atoms with Crippen molar-refractivity contribution < 1.29 is 22.7 Å². The fraction of sp³-hybridized carbons (Fsp3) is 0.524. The second-order valence-electron chi connectivity index (χ2n) is 7.42. The maximum atomic E-state index is 12.6.